The van der Waals surface area contributed by atoms with Gasteiger partial charge in [0.05, 0.1) is 0 Å². The maximum atomic E-state index is 5.80. The fourth-order valence-corrected chi connectivity index (χ4v) is 2.72. The zero-order chi connectivity index (χ0) is 7.72. The van der Waals surface area contributed by atoms with Gasteiger partial charge in [-0.1, -0.05) is 11.6 Å². The van der Waals surface area contributed by atoms with Crippen LogP contribution in [0.3, 0.4) is 0 Å². The lowest BCUT2D eigenvalue weighted by Gasteiger charge is -1.99. The topological polar surface area (TPSA) is 12.9 Å². The third kappa shape index (κ3) is 1.94. The van der Waals surface area contributed by atoms with Gasteiger partial charge in [0.2, 0.25) is 0 Å². The first-order valence-corrected chi connectivity index (χ1v) is 5.13. The van der Waals surface area contributed by atoms with Crippen LogP contribution in [-0.2, 0) is 0 Å². The second-order valence-corrected chi connectivity index (χ2v) is 4.47. The first-order chi connectivity index (χ1) is 4.61. The summed E-state index contributed by atoms with van der Waals surface area (Å²) in [6.45, 7) is 1.97. The minimum absolute atomic E-state index is 0.608. The molecule has 0 bridgehead atoms. The van der Waals surface area contributed by atoms with Gasteiger partial charge in [0, 0.05) is 3.57 Å². The standard InChI is InChI=1S/C6H4ClI2N/c1-3-4(8)2-5(9)10-6(3)7/h2H,1H3. The van der Waals surface area contributed by atoms with E-state index in [0.717, 1.165) is 9.26 Å². The third-order valence-electron chi connectivity index (χ3n) is 1.12. The summed E-state index contributed by atoms with van der Waals surface area (Å²) in [5, 5.41) is 0.608. The summed E-state index contributed by atoms with van der Waals surface area (Å²) in [6.07, 6.45) is 0. The van der Waals surface area contributed by atoms with Crippen molar-refractivity contribution in [3.8, 4) is 0 Å². The lowest BCUT2D eigenvalue weighted by molar-refractivity contribution is 1.21. The summed E-state index contributed by atoms with van der Waals surface area (Å²) in [5.41, 5.74) is 1.06. The third-order valence-corrected chi connectivity index (χ3v) is 3.16. The van der Waals surface area contributed by atoms with E-state index in [9.17, 15) is 0 Å². The Bertz CT molecular complexity index is 239. The minimum atomic E-state index is 0.608. The van der Waals surface area contributed by atoms with Gasteiger partial charge in [0.25, 0.3) is 0 Å². The molecular weight excluding hydrogens is 375 g/mol. The molecule has 1 aromatic rings. The van der Waals surface area contributed by atoms with E-state index >= 15 is 0 Å². The summed E-state index contributed by atoms with van der Waals surface area (Å²) in [6, 6.07) is 2.00. The van der Waals surface area contributed by atoms with Gasteiger partial charge in [-0.05, 0) is 63.7 Å². The molecular formula is C6H4ClI2N. The molecule has 0 amide bonds. The fraction of sp³-hybridized carbons (Fsp3) is 0.167. The van der Waals surface area contributed by atoms with E-state index in [-0.39, 0.29) is 0 Å². The Labute approximate surface area is 91.8 Å². The predicted octanol–water partition coefficient (Wildman–Crippen LogP) is 3.25. The smallest absolute Gasteiger partial charge is 0.134 e. The average Bonchev–Trinajstić information content (AvgIpc) is 1.82. The number of pyridine rings is 1. The summed E-state index contributed by atoms with van der Waals surface area (Å²) in [7, 11) is 0. The SMILES string of the molecule is Cc1c(I)cc(I)nc1Cl. The molecule has 0 unspecified atom stereocenters. The van der Waals surface area contributed by atoms with Crippen LogP contribution in [0.1, 0.15) is 5.56 Å². The molecule has 1 rings (SSSR count). The van der Waals surface area contributed by atoms with Crippen LogP contribution in [0.15, 0.2) is 6.07 Å². The van der Waals surface area contributed by atoms with Gasteiger partial charge in [0.15, 0.2) is 0 Å². The van der Waals surface area contributed by atoms with Gasteiger partial charge in [-0.3, -0.25) is 0 Å². The summed E-state index contributed by atoms with van der Waals surface area (Å²) in [5.74, 6) is 0. The monoisotopic (exact) mass is 379 g/mol. The number of nitrogens with zero attached hydrogens (tertiary/aromatic N) is 1. The summed E-state index contributed by atoms with van der Waals surface area (Å²) < 4.78 is 2.11. The molecule has 0 spiro atoms. The van der Waals surface area contributed by atoms with E-state index in [2.05, 4.69) is 50.2 Å². The Hall–Kier alpha value is 0.900. The van der Waals surface area contributed by atoms with Crippen molar-refractivity contribution < 1.29 is 0 Å². The molecule has 54 valence electrons. The maximum Gasteiger partial charge on any atom is 0.134 e. The summed E-state index contributed by atoms with van der Waals surface area (Å²) in [4.78, 5) is 4.08. The molecule has 0 aliphatic rings. The van der Waals surface area contributed by atoms with Gasteiger partial charge in [-0.15, -0.1) is 0 Å². The van der Waals surface area contributed by atoms with Crippen molar-refractivity contribution in [3.63, 3.8) is 0 Å². The lowest BCUT2D eigenvalue weighted by Crippen LogP contribution is -1.88. The van der Waals surface area contributed by atoms with Crippen LogP contribution in [-0.4, -0.2) is 4.98 Å². The van der Waals surface area contributed by atoms with Crippen molar-refractivity contribution in [2.45, 2.75) is 6.92 Å². The Morgan fingerprint density at radius 3 is 2.60 bits per heavy atom. The molecule has 1 heterocycles. The van der Waals surface area contributed by atoms with Gasteiger partial charge < -0.3 is 0 Å². The molecule has 0 aromatic carbocycles. The minimum Gasteiger partial charge on any atom is -0.230 e. The second kappa shape index (κ2) is 3.53. The Kier molecular flexibility index (Phi) is 3.18. The number of halogens is 3. The highest BCUT2D eigenvalue weighted by atomic mass is 127. The quantitative estimate of drug-likeness (QED) is 0.498. The molecule has 0 radical (unpaired) electrons. The van der Waals surface area contributed by atoms with Crippen LogP contribution >= 0.6 is 56.8 Å². The largest absolute Gasteiger partial charge is 0.230 e. The van der Waals surface area contributed by atoms with E-state index in [1.807, 2.05) is 13.0 Å². The first kappa shape index (κ1) is 8.99. The van der Waals surface area contributed by atoms with Crippen molar-refractivity contribution in [1.82, 2.24) is 4.98 Å². The molecule has 0 aliphatic carbocycles. The zero-order valence-corrected chi connectivity index (χ0v) is 10.2. The van der Waals surface area contributed by atoms with E-state index in [4.69, 9.17) is 11.6 Å². The predicted molar refractivity (Wildman–Crippen MR) is 59.4 cm³/mol. The number of aromatic nitrogens is 1. The van der Waals surface area contributed by atoms with E-state index in [0.29, 0.717) is 5.15 Å². The fourth-order valence-electron chi connectivity index (χ4n) is 0.521. The Morgan fingerprint density at radius 1 is 1.50 bits per heavy atom. The highest BCUT2D eigenvalue weighted by Crippen LogP contribution is 2.20. The molecule has 4 heteroatoms. The lowest BCUT2D eigenvalue weighted by atomic mass is 10.3. The normalized spacial score (nSPS) is 10.0. The van der Waals surface area contributed by atoms with Gasteiger partial charge >= 0.3 is 0 Å². The van der Waals surface area contributed by atoms with Crippen molar-refractivity contribution >= 4 is 56.8 Å². The maximum absolute atomic E-state index is 5.80. The molecule has 10 heavy (non-hydrogen) atoms. The van der Waals surface area contributed by atoms with E-state index in [1.54, 1.807) is 0 Å². The summed E-state index contributed by atoms with van der Waals surface area (Å²) >= 11 is 10.2. The zero-order valence-electron chi connectivity index (χ0n) is 5.16. The number of hydrogen-bond acceptors (Lipinski definition) is 1. The van der Waals surface area contributed by atoms with Gasteiger partial charge in [0.1, 0.15) is 8.85 Å². The van der Waals surface area contributed by atoms with E-state index < -0.39 is 0 Å². The van der Waals surface area contributed by atoms with Crippen LogP contribution in [0.4, 0.5) is 0 Å². The highest BCUT2D eigenvalue weighted by molar-refractivity contribution is 14.1. The van der Waals surface area contributed by atoms with Crippen LogP contribution < -0.4 is 0 Å². The van der Waals surface area contributed by atoms with Crippen molar-refractivity contribution in [1.29, 1.82) is 0 Å². The molecule has 1 nitrogen and oxygen atoms in total. The van der Waals surface area contributed by atoms with E-state index in [1.165, 1.54) is 3.57 Å². The van der Waals surface area contributed by atoms with Crippen molar-refractivity contribution in [3.05, 3.63) is 24.1 Å². The number of hydrogen-bond donors (Lipinski definition) is 0. The molecule has 0 N–H and O–H groups in total. The second-order valence-electron chi connectivity index (χ2n) is 1.84. The molecule has 0 saturated carbocycles. The van der Waals surface area contributed by atoms with Gasteiger partial charge in [-0.2, -0.15) is 0 Å². The average molecular weight is 379 g/mol. The van der Waals surface area contributed by atoms with Crippen LogP contribution in [0, 0.1) is 14.2 Å². The van der Waals surface area contributed by atoms with Gasteiger partial charge in [-0.25, -0.2) is 4.98 Å². The molecule has 0 atom stereocenters. The van der Waals surface area contributed by atoms with Crippen LogP contribution in [0.5, 0.6) is 0 Å². The Balaban J connectivity index is 3.31. The van der Waals surface area contributed by atoms with Crippen molar-refractivity contribution in [2.75, 3.05) is 0 Å². The molecule has 0 aliphatic heterocycles. The molecule has 0 saturated heterocycles. The number of rotatable bonds is 0. The molecule has 1 aromatic heterocycles. The highest BCUT2D eigenvalue weighted by Gasteiger charge is 2.01. The molecule has 0 fully saturated rings. The van der Waals surface area contributed by atoms with Crippen LogP contribution in [0.2, 0.25) is 5.15 Å². The Morgan fingerprint density at radius 2 is 2.10 bits per heavy atom. The first-order valence-electron chi connectivity index (χ1n) is 2.59. The van der Waals surface area contributed by atoms with Crippen molar-refractivity contribution in [2.24, 2.45) is 0 Å². The van der Waals surface area contributed by atoms with Crippen LogP contribution in [0.25, 0.3) is 0 Å².